The number of thiol groups is 1. The molecule has 0 amide bonds. The molecule has 2 N–H and O–H groups in total. The van der Waals surface area contributed by atoms with Gasteiger partial charge < -0.3 is 9.67 Å². The summed E-state index contributed by atoms with van der Waals surface area (Å²) in [5, 5.41) is 9.48. The van der Waals surface area contributed by atoms with E-state index in [1.54, 1.807) is 6.33 Å². The number of nitrogens with one attached hydrogen (secondary N) is 1. The van der Waals surface area contributed by atoms with Gasteiger partial charge in [0, 0.05) is 24.4 Å². The van der Waals surface area contributed by atoms with Crippen LogP contribution in [-0.4, -0.2) is 27.2 Å². The highest BCUT2D eigenvalue weighted by molar-refractivity contribution is 7.78. The van der Waals surface area contributed by atoms with E-state index in [1.165, 1.54) is 5.57 Å². The molecule has 0 saturated carbocycles. The molecule has 0 aliphatic carbocycles. The fourth-order valence-corrected chi connectivity index (χ4v) is 3.27. The molecular weight excluding hydrogens is 346 g/mol. The van der Waals surface area contributed by atoms with Gasteiger partial charge >= 0.3 is 5.97 Å². The predicted octanol–water partition coefficient (Wildman–Crippen LogP) is 4.29. The van der Waals surface area contributed by atoms with Gasteiger partial charge in [0.2, 0.25) is 0 Å². The Hall–Kier alpha value is -1.79. The summed E-state index contributed by atoms with van der Waals surface area (Å²) in [6, 6.07) is 0. The van der Waals surface area contributed by atoms with Gasteiger partial charge in [-0.05, 0) is 44.3 Å². The first-order valence-electron chi connectivity index (χ1n) is 9.25. The van der Waals surface area contributed by atoms with Crippen molar-refractivity contribution in [2.45, 2.75) is 52.9 Å². The molecule has 0 saturated heterocycles. The average Bonchev–Trinajstić information content (AvgIpc) is 3.06. The molecule has 0 fully saturated rings. The second-order valence-corrected chi connectivity index (χ2v) is 6.23. The van der Waals surface area contributed by atoms with Crippen molar-refractivity contribution in [1.82, 2.24) is 14.3 Å². The Balaban J connectivity index is 0.00000163. The van der Waals surface area contributed by atoms with E-state index in [1.807, 2.05) is 32.9 Å². The van der Waals surface area contributed by atoms with Crippen molar-refractivity contribution in [3.8, 4) is 0 Å². The maximum absolute atomic E-state index is 11.5. The smallest absolute Gasteiger partial charge is 0.306 e. The molecule has 1 aliphatic heterocycles. The summed E-state index contributed by atoms with van der Waals surface area (Å²) in [5.41, 5.74) is 4.29. The Labute approximate surface area is 162 Å². The number of carboxylic acids is 1. The van der Waals surface area contributed by atoms with E-state index in [0.29, 0.717) is 19.4 Å². The van der Waals surface area contributed by atoms with Crippen LogP contribution in [0.15, 0.2) is 36.7 Å². The summed E-state index contributed by atoms with van der Waals surface area (Å²) >= 11 is 3.94. The quantitative estimate of drug-likeness (QED) is 0.444. The van der Waals surface area contributed by atoms with Crippen LogP contribution in [0.2, 0.25) is 0 Å². The minimum absolute atomic E-state index is 0.416. The molecule has 2 rings (SSSR count). The second kappa shape index (κ2) is 11.8. The highest BCUT2D eigenvalue weighted by Crippen LogP contribution is 2.30. The monoisotopic (exact) mass is 377 g/mol. The summed E-state index contributed by atoms with van der Waals surface area (Å²) in [7, 11) is 0. The van der Waals surface area contributed by atoms with Crippen LogP contribution in [0.25, 0.3) is 5.70 Å². The van der Waals surface area contributed by atoms with Gasteiger partial charge in [-0.1, -0.05) is 45.4 Å². The molecular formula is C20H31N3O2S. The van der Waals surface area contributed by atoms with Gasteiger partial charge in [0.25, 0.3) is 0 Å². The molecule has 1 unspecified atom stereocenters. The number of hydrogen-bond donors (Lipinski definition) is 3. The molecule has 6 heteroatoms. The highest BCUT2D eigenvalue weighted by Gasteiger charge is 2.24. The minimum atomic E-state index is -0.761. The maximum atomic E-state index is 11.5. The van der Waals surface area contributed by atoms with Crippen LogP contribution < -0.4 is 4.72 Å². The van der Waals surface area contributed by atoms with E-state index < -0.39 is 11.9 Å². The normalized spacial score (nSPS) is 14.6. The number of fused-ring (bicyclic) bond motifs is 1. The molecule has 26 heavy (non-hydrogen) atoms. The molecule has 1 aromatic heterocycles. The summed E-state index contributed by atoms with van der Waals surface area (Å²) in [6.07, 6.45) is 11.4. The maximum Gasteiger partial charge on any atom is 0.306 e. The zero-order chi connectivity index (χ0) is 19.5. The molecule has 0 spiro atoms. The minimum Gasteiger partial charge on any atom is -0.481 e. The third kappa shape index (κ3) is 5.61. The van der Waals surface area contributed by atoms with Gasteiger partial charge in [-0.15, -0.1) is 0 Å². The zero-order valence-corrected chi connectivity index (χ0v) is 16.9. The topological polar surface area (TPSA) is 67.2 Å². The number of aliphatic carboxylic acids is 1. The Morgan fingerprint density at radius 2 is 2.23 bits per heavy atom. The lowest BCUT2D eigenvalue weighted by Gasteiger charge is -2.20. The lowest BCUT2D eigenvalue weighted by Crippen LogP contribution is -2.19. The van der Waals surface area contributed by atoms with Gasteiger partial charge in [0.1, 0.15) is 0 Å². The summed E-state index contributed by atoms with van der Waals surface area (Å²) in [4.78, 5) is 16.1. The van der Waals surface area contributed by atoms with Crippen molar-refractivity contribution in [3.05, 3.63) is 48.1 Å². The summed E-state index contributed by atoms with van der Waals surface area (Å²) in [6.45, 7) is 10.6. The number of carboxylic acid groups (broad SMARTS) is 1. The lowest BCUT2D eigenvalue weighted by molar-refractivity contribution is -0.142. The van der Waals surface area contributed by atoms with Gasteiger partial charge in [0.05, 0.1) is 17.9 Å². The largest absolute Gasteiger partial charge is 0.481 e. The van der Waals surface area contributed by atoms with Crippen molar-refractivity contribution >= 4 is 24.5 Å². The van der Waals surface area contributed by atoms with Crippen LogP contribution in [-0.2, 0) is 17.6 Å². The molecule has 5 nitrogen and oxygen atoms in total. The first-order valence-corrected chi connectivity index (χ1v) is 9.70. The number of rotatable bonds is 9. The van der Waals surface area contributed by atoms with E-state index in [0.717, 1.165) is 36.3 Å². The summed E-state index contributed by atoms with van der Waals surface area (Å²) in [5.74, 6) is -1.18. The fraction of sp³-hybridized carbons (Fsp3) is 0.500. The van der Waals surface area contributed by atoms with Gasteiger partial charge in [-0.2, -0.15) is 0 Å². The number of carbonyl (C=O) groups is 1. The van der Waals surface area contributed by atoms with Crippen LogP contribution in [0.1, 0.15) is 51.4 Å². The molecule has 1 atom stereocenters. The highest BCUT2D eigenvalue weighted by atomic mass is 32.1. The molecule has 1 aromatic rings. The van der Waals surface area contributed by atoms with E-state index >= 15 is 0 Å². The summed E-state index contributed by atoms with van der Waals surface area (Å²) < 4.78 is 4.83. The third-order valence-corrected chi connectivity index (χ3v) is 4.60. The number of aromatic nitrogens is 2. The van der Waals surface area contributed by atoms with Gasteiger partial charge in [-0.25, -0.2) is 4.98 Å². The predicted molar refractivity (Wildman–Crippen MR) is 111 cm³/mol. The Morgan fingerprint density at radius 3 is 2.81 bits per heavy atom. The molecule has 1 aliphatic rings. The van der Waals surface area contributed by atoms with Gasteiger partial charge in [0.15, 0.2) is 0 Å². The Morgan fingerprint density at radius 1 is 1.50 bits per heavy atom. The zero-order valence-electron chi connectivity index (χ0n) is 16.0. The standard InChI is InChI=1S/C18H25N3O2S.C2H6/c1-3-6-16-13(4-2)8-9-17-15(19-12-21(16)17)11-14(18(22)23)7-5-10-20-24;1-2/h3-4,6,12,14,20,24H,2,5,7-11H2,1H3,(H,22,23);1-2H3/b6-3-;. The van der Waals surface area contributed by atoms with E-state index in [2.05, 4.69) is 39.7 Å². The van der Waals surface area contributed by atoms with E-state index in [-0.39, 0.29) is 0 Å². The third-order valence-electron chi connectivity index (χ3n) is 4.37. The van der Waals surface area contributed by atoms with Crippen molar-refractivity contribution in [1.29, 1.82) is 0 Å². The van der Waals surface area contributed by atoms with Crippen LogP contribution in [0.4, 0.5) is 0 Å². The molecule has 2 heterocycles. The first kappa shape index (κ1) is 22.3. The molecule has 144 valence electrons. The molecule has 0 bridgehead atoms. The van der Waals surface area contributed by atoms with Gasteiger partial charge in [-0.3, -0.25) is 9.52 Å². The second-order valence-electron chi connectivity index (χ2n) is 5.91. The van der Waals surface area contributed by atoms with Crippen LogP contribution in [0.3, 0.4) is 0 Å². The van der Waals surface area contributed by atoms with Crippen molar-refractivity contribution in [2.24, 2.45) is 5.92 Å². The van der Waals surface area contributed by atoms with Crippen molar-refractivity contribution in [2.75, 3.05) is 6.54 Å². The van der Waals surface area contributed by atoms with Crippen molar-refractivity contribution < 1.29 is 9.90 Å². The number of hydrogen-bond acceptors (Lipinski definition) is 4. The SMILES string of the molecule is C=CC1=C(/C=C\C)n2cnc(CC(CCCNS)C(=O)O)c2CC1.CC. The Bertz CT molecular complexity index is 662. The molecule has 0 aromatic carbocycles. The van der Waals surface area contributed by atoms with E-state index in [9.17, 15) is 9.90 Å². The number of nitrogens with zero attached hydrogens (tertiary/aromatic N) is 2. The van der Waals surface area contributed by atoms with E-state index in [4.69, 9.17) is 0 Å². The first-order chi connectivity index (χ1) is 12.6. The fourth-order valence-electron chi connectivity index (χ4n) is 3.11. The number of imidazole rings is 1. The lowest BCUT2D eigenvalue weighted by atomic mass is 9.94. The van der Waals surface area contributed by atoms with Crippen molar-refractivity contribution in [3.63, 3.8) is 0 Å². The molecule has 0 radical (unpaired) electrons. The number of allylic oxidation sites excluding steroid dienone is 5. The van der Waals surface area contributed by atoms with Crippen LogP contribution >= 0.6 is 12.8 Å². The van der Waals surface area contributed by atoms with Crippen LogP contribution in [0, 0.1) is 5.92 Å². The average molecular weight is 378 g/mol. The van der Waals surface area contributed by atoms with Crippen LogP contribution in [0.5, 0.6) is 0 Å². The Kier molecular flexibility index (Phi) is 10.1.